The Bertz CT molecular complexity index is 796. The third-order valence-electron chi connectivity index (χ3n) is 3.69. The first kappa shape index (κ1) is 15.5. The van der Waals surface area contributed by atoms with Crippen molar-refractivity contribution in [1.82, 2.24) is 4.31 Å². The molecule has 2 aromatic carbocycles. The van der Waals surface area contributed by atoms with E-state index in [0.717, 1.165) is 15.1 Å². The van der Waals surface area contributed by atoms with Gasteiger partial charge in [-0.2, -0.15) is 4.31 Å². The van der Waals surface area contributed by atoms with Gasteiger partial charge in [0.05, 0.1) is 4.90 Å². The third kappa shape index (κ3) is 2.64. The Kier molecular flexibility index (Phi) is 3.78. The minimum atomic E-state index is -3.88. The van der Waals surface area contributed by atoms with Crippen molar-refractivity contribution in [2.45, 2.75) is 24.3 Å². The molecule has 0 saturated carbocycles. The molecule has 0 bridgehead atoms. The van der Waals surface area contributed by atoms with Gasteiger partial charge < -0.3 is 5.11 Å². The molecule has 0 spiro atoms. The van der Waals surface area contributed by atoms with E-state index in [1.807, 2.05) is 24.3 Å². The van der Waals surface area contributed by atoms with Crippen LogP contribution in [0.2, 0.25) is 0 Å². The summed E-state index contributed by atoms with van der Waals surface area (Å²) in [6.45, 7) is 2.71. The van der Waals surface area contributed by atoms with Gasteiger partial charge in [0.1, 0.15) is 5.54 Å². The molecule has 0 aliphatic carbocycles. The van der Waals surface area contributed by atoms with Crippen LogP contribution in [0.15, 0.2) is 47.4 Å². The van der Waals surface area contributed by atoms with Gasteiger partial charge in [-0.3, -0.25) is 4.79 Å². The van der Waals surface area contributed by atoms with E-state index in [4.69, 9.17) is 0 Å². The molecule has 0 aliphatic heterocycles. The molecule has 0 heterocycles. The normalized spacial score (nSPS) is 12.8. The van der Waals surface area contributed by atoms with E-state index < -0.39 is 21.5 Å². The second-order valence-corrected chi connectivity index (χ2v) is 7.31. The van der Waals surface area contributed by atoms with Crippen molar-refractivity contribution in [2.75, 3.05) is 7.05 Å². The second-order valence-electron chi connectivity index (χ2n) is 5.35. The van der Waals surface area contributed by atoms with Gasteiger partial charge in [0.15, 0.2) is 0 Å². The van der Waals surface area contributed by atoms with Gasteiger partial charge in [0, 0.05) is 7.05 Å². The Balaban J connectivity index is 2.54. The fourth-order valence-corrected chi connectivity index (χ4v) is 3.43. The molecule has 1 N–H and O–H groups in total. The molecule has 112 valence electrons. The number of carboxylic acids is 1. The monoisotopic (exact) mass is 307 g/mol. The summed E-state index contributed by atoms with van der Waals surface area (Å²) in [7, 11) is -2.60. The summed E-state index contributed by atoms with van der Waals surface area (Å²) >= 11 is 0. The Labute approximate surface area is 123 Å². The summed E-state index contributed by atoms with van der Waals surface area (Å²) in [5.74, 6) is -1.20. The van der Waals surface area contributed by atoms with Crippen molar-refractivity contribution < 1.29 is 18.3 Å². The quantitative estimate of drug-likeness (QED) is 0.940. The van der Waals surface area contributed by atoms with Crippen LogP contribution in [0, 0.1) is 0 Å². The van der Waals surface area contributed by atoms with E-state index in [-0.39, 0.29) is 4.90 Å². The molecule has 0 unspecified atom stereocenters. The second kappa shape index (κ2) is 5.13. The van der Waals surface area contributed by atoms with Crippen LogP contribution >= 0.6 is 0 Å². The summed E-state index contributed by atoms with van der Waals surface area (Å²) in [6.07, 6.45) is 0. The van der Waals surface area contributed by atoms with E-state index in [1.165, 1.54) is 27.0 Å². The smallest absolute Gasteiger partial charge is 0.324 e. The molecule has 0 saturated heterocycles. The average molecular weight is 307 g/mol. The van der Waals surface area contributed by atoms with Gasteiger partial charge >= 0.3 is 5.97 Å². The zero-order valence-electron chi connectivity index (χ0n) is 12.1. The van der Waals surface area contributed by atoms with Gasteiger partial charge in [-0.25, -0.2) is 8.42 Å². The molecule has 21 heavy (non-hydrogen) atoms. The molecule has 0 aliphatic rings. The van der Waals surface area contributed by atoms with Crippen LogP contribution in [-0.2, 0) is 14.8 Å². The van der Waals surface area contributed by atoms with Crippen molar-refractivity contribution >= 4 is 26.8 Å². The lowest BCUT2D eigenvalue weighted by Crippen LogP contribution is -2.50. The number of fused-ring (bicyclic) bond motifs is 1. The fourth-order valence-electron chi connectivity index (χ4n) is 1.92. The molecule has 0 aromatic heterocycles. The number of hydrogen-bond acceptors (Lipinski definition) is 3. The van der Waals surface area contributed by atoms with Gasteiger partial charge in [0.2, 0.25) is 10.0 Å². The number of aliphatic carboxylic acids is 1. The Morgan fingerprint density at radius 3 is 2.24 bits per heavy atom. The average Bonchev–Trinajstić information content (AvgIpc) is 2.45. The zero-order chi connectivity index (χ0) is 15.8. The molecule has 5 nitrogen and oxygen atoms in total. The maximum atomic E-state index is 12.6. The van der Waals surface area contributed by atoms with Crippen molar-refractivity contribution in [3.05, 3.63) is 42.5 Å². The number of nitrogens with zero attached hydrogens (tertiary/aromatic N) is 1. The summed E-state index contributed by atoms with van der Waals surface area (Å²) in [6, 6.07) is 12.2. The molecule has 2 rings (SSSR count). The zero-order valence-corrected chi connectivity index (χ0v) is 12.9. The Morgan fingerprint density at radius 2 is 1.67 bits per heavy atom. The Morgan fingerprint density at radius 1 is 1.10 bits per heavy atom. The highest BCUT2D eigenvalue weighted by atomic mass is 32.2. The van der Waals surface area contributed by atoms with Crippen LogP contribution in [0.5, 0.6) is 0 Å². The summed E-state index contributed by atoms with van der Waals surface area (Å²) < 4.78 is 26.1. The van der Waals surface area contributed by atoms with Gasteiger partial charge in [-0.15, -0.1) is 0 Å². The highest BCUT2D eigenvalue weighted by Crippen LogP contribution is 2.25. The molecule has 0 fully saturated rings. The predicted molar refractivity (Wildman–Crippen MR) is 80.6 cm³/mol. The highest BCUT2D eigenvalue weighted by molar-refractivity contribution is 7.89. The first-order chi connectivity index (χ1) is 9.67. The largest absolute Gasteiger partial charge is 0.480 e. The van der Waals surface area contributed by atoms with Gasteiger partial charge in [-0.1, -0.05) is 30.3 Å². The number of carbonyl (C=O) groups is 1. The number of rotatable bonds is 4. The number of benzene rings is 2. The van der Waals surface area contributed by atoms with Crippen LogP contribution < -0.4 is 0 Å². The van der Waals surface area contributed by atoms with Crippen LogP contribution in [0.1, 0.15) is 13.8 Å². The SMILES string of the molecule is CN(C(C)(C)C(=O)O)S(=O)(=O)c1ccc2ccccc2c1. The van der Waals surface area contributed by atoms with Crippen molar-refractivity contribution in [1.29, 1.82) is 0 Å². The molecule has 6 heteroatoms. The van der Waals surface area contributed by atoms with E-state index >= 15 is 0 Å². The molecule has 0 atom stereocenters. The minimum Gasteiger partial charge on any atom is -0.480 e. The number of hydrogen-bond donors (Lipinski definition) is 1. The molecule has 0 radical (unpaired) electrons. The van der Waals surface area contributed by atoms with Crippen LogP contribution in [0.25, 0.3) is 10.8 Å². The standard InChI is InChI=1S/C15H17NO4S/c1-15(2,14(17)18)16(3)21(19,20)13-9-8-11-6-4-5-7-12(11)10-13/h4-10H,1-3H3,(H,17,18). The van der Waals surface area contributed by atoms with Crippen molar-refractivity contribution in [2.24, 2.45) is 0 Å². The van der Waals surface area contributed by atoms with Gasteiger partial charge in [-0.05, 0) is 36.8 Å². The topological polar surface area (TPSA) is 74.7 Å². The van der Waals surface area contributed by atoms with Crippen LogP contribution in [0.3, 0.4) is 0 Å². The maximum Gasteiger partial charge on any atom is 0.324 e. The number of carboxylic acid groups (broad SMARTS) is 1. The fraction of sp³-hybridized carbons (Fsp3) is 0.267. The van der Waals surface area contributed by atoms with E-state index in [2.05, 4.69) is 0 Å². The third-order valence-corrected chi connectivity index (χ3v) is 5.72. The molecule has 0 amide bonds. The Hall–Kier alpha value is -1.92. The number of likely N-dealkylation sites (N-methyl/N-ethyl adjacent to an activating group) is 1. The molecular weight excluding hydrogens is 290 g/mol. The highest BCUT2D eigenvalue weighted by Gasteiger charge is 2.40. The van der Waals surface area contributed by atoms with Gasteiger partial charge in [0.25, 0.3) is 0 Å². The van der Waals surface area contributed by atoms with E-state index in [0.29, 0.717) is 0 Å². The lowest BCUT2D eigenvalue weighted by Gasteiger charge is -2.30. The maximum absolute atomic E-state index is 12.6. The van der Waals surface area contributed by atoms with Crippen LogP contribution in [-0.4, -0.2) is 36.4 Å². The first-order valence-electron chi connectivity index (χ1n) is 6.38. The van der Waals surface area contributed by atoms with E-state index in [1.54, 1.807) is 12.1 Å². The lowest BCUT2D eigenvalue weighted by atomic mass is 10.1. The van der Waals surface area contributed by atoms with Crippen LogP contribution in [0.4, 0.5) is 0 Å². The van der Waals surface area contributed by atoms with E-state index in [9.17, 15) is 18.3 Å². The summed E-state index contributed by atoms with van der Waals surface area (Å²) in [4.78, 5) is 11.3. The molecular formula is C15H17NO4S. The molecule has 2 aromatic rings. The summed E-state index contributed by atoms with van der Waals surface area (Å²) in [5, 5.41) is 10.9. The summed E-state index contributed by atoms with van der Waals surface area (Å²) in [5.41, 5.74) is -1.52. The van der Waals surface area contributed by atoms with Crippen molar-refractivity contribution in [3.63, 3.8) is 0 Å². The number of sulfonamides is 1. The lowest BCUT2D eigenvalue weighted by molar-refractivity contribution is -0.145. The minimum absolute atomic E-state index is 0.0815. The van der Waals surface area contributed by atoms with Crippen molar-refractivity contribution in [3.8, 4) is 0 Å². The predicted octanol–water partition coefficient (Wildman–Crippen LogP) is 2.32. The first-order valence-corrected chi connectivity index (χ1v) is 7.82.